The van der Waals surface area contributed by atoms with Gasteiger partial charge in [-0.15, -0.1) is 11.3 Å². The van der Waals surface area contributed by atoms with Crippen LogP contribution in [0.2, 0.25) is 0 Å². The number of methoxy groups -OCH3 is 1. The number of aromatic nitrogens is 1. The Hall–Kier alpha value is -1.14. The van der Waals surface area contributed by atoms with Gasteiger partial charge in [0, 0.05) is 18.5 Å². The van der Waals surface area contributed by atoms with Gasteiger partial charge in [0.2, 0.25) is 0 Å². The number of hydrogen-bond donors (Lipinski definition) is 0. The Kier molecular flexibility index (Phi) is 4.07. The molecule has 1 fully saturated rings. The van der Waals surface area contributed by atoms with Gasteiger partial charge in [-0.1, -0.05) is 0 Å². The van der Waals surface area contributed by atoms with E-state index in [2.05, 4.69) is 42.3 Å². The summed E-state index contributed by atoms with van der Waals surface area (Å²) in [7, 11) is 1.39. The average Bonchev–Trinajstić information content (AvgIpc) is 2.73. The standard InChI is InChI=1S/C14H22N2O3S/c1-13(2)8-16(9-14(3,4)19-13)12-15-10(7-20-12)6-11(17)18-5/h7H,6,8-9H2,1-5H3. The first-order chi connectivity index (χ1) is 9.21. The summed E-state index contributed by atoms with van der Waals surface area (Å²) < 4.78 is 10.7. The van der Waals surface area contributed by atoms with Crippen molar-refractivity contribution in [2.24, 2.45) is 0 Å². The number of nitrogens with zero attached hydrogens (tertiary/aromatic N) is 2. The van der Waals surface area contributed by atoms with E-state index in [0.29, 0.717) is 0 Å². The van der Waals surface area contributed by atoms with E-state index in [9.17, 15) is 4.79 Å². The van der Waals surface area contributed by atoms with Crippen LogP contribution in [0.4, 0.5) is 5.13 Å². The number of carbonyl (C=O) groups excluding carboxylic acids is 1. The molecule has 0 aromatic carbocycles. The highest BCUT2D eigenvalue weighted by Crippen LogP contribution is 2.32. The van der Waals surface area contributed by atoms with Crippen molar-refractivity contribution in [3.63, 3.8) is 0 Å². The van der Waals surface area contributed by atoms with Gasteiger partial charge in [0.15, 0.2) is 5.13 Å². The predicted octanol–water partition coefficient (Wildman–Crippen LogP) is 2.25. The Morgan fingerprint density at radius 2 is 2.00 bits per heavy atom. The van der Waals surface area contributed by atoms with E-state index in [4.69, 9.17) is 4.74 Å². The fraction of sp³-hybridized carbons (Fsp3) is 0.714. The van der Waals surface area contributed by atoms with Crippen LogP contribution in [0, 0.1) is 0 Å². The number of esters is 1. The number of anilines is 1. The van der Waals surface area contributed by atoms with Gasteiger partial charge in [-0.3, -0.25) is 4.79 Å². The minimum Gasteiger partial charge on any atom is -0.469 e. The van der Waals surface area contributed by atoms with Crippen LogP contribution in [0.5, 0.6) is 0 Å². The highest BCUT2D eigenvalue weighted by molar-refractivity contribution is 7.13. The maximum Gasteiger partial charge on any atom is 0.311 e. The Bertz CT molecular complexity index is 480. The van der Waals surface area contributed by atoms with Crippen molar-refractivity contribution in [2.75, 3.05) is 25.1 Å². The Balaban J connectivity index is 2.13. The number of ether oxygens (including phenoxy) is 2. The normalized spacial score (nSPS) is 20.8. The van der Waals surface area contributed by atoms with Crippen molar-refractivity contribution < 1.29 is 14.3 Å². The van der Waals surface area contributed by atoms with Crippen LogP contribution >= 0.6 is 11.3 Å². The Morgan fingerprint density at radius 3 is 2.55 bits per heavy atom. The van der Waals surface area contributed by atoms with Gasteiger partial charge in [-0.2, -0.15) is 0 Å². The lowest BCUT2D eigenvalue weighted by Crippen LogP contribution is -2.57. The third kappa shape index (κ3) is 3.70. The van der Waals surface area contributed by atoms with Crippen molar-refractivity contribution in [1.29, 1.82) is 0 Å². The molecular weight excluding hydrogens is 276 g/mol. The molecule has 0 spiro atoms. The number of rotatable bonds is 3. The fourth-order valence-electron chi connectivity index (χ4n) is 2.67. The molecule has 1 aromatic heterocycles. The highest BCUT2D eigenvalue weighted by Gasteiger charge is 2.39. The molecule has 112 valence electrons. The summed E-state index contributed by atoms with van der Waals surface area (Å²) in [6.07, 6.45) is 0.226. The predicted molar refractivity (Wildman–Crippen MR) is 79.3 cm³/mol. The maximum atomic E-state index is 11.3. The molecule has 0 amide bonds. The summed E-state index contributed by atoms with van der Waals surface area (Å²) in [6.45, 7) is 9.94. The summed E-state index contributed by atoms with van der Waals surface area (Å²) in [6, 6.07) is 0. The number of thiazole rings is 1. The van der Waals surface area contributed by atoms with Crippen molar-refractivity contribution in [3.8, 4) is 0 Å². The fourth-order valence-corrected chi connectivity index (χ4v) is 3.49. The minimum atomic E-state index is -0.260. The van der Waals surface area contributed by atoms with E-state index in [1.54, 1.807) is 11.3 Å². The maximum absolute atomic E-state index is 11.3. The summed E-state index contributed by atoms with van der Waals surface area (Å²) in [4.78, 5) is 18.1. The molecule has 0 aliphatic carbocycles. The molecule has 1 aliphatic heterocycles. The van der Waals surface area contributed by atoms with E-state index in [1.807, 2.05) is 5.38 Å². The molecule has 0 radical (unpaired) electrons. The molecule has 2 heterocycles. The van der Waals surface area contributed by atoms with Gasteiger partial charge < -0.3 is 14.4 Å². The van der Waals surface area contributed by atoms with Crippen LogP contribution in [0.25, 0.3) is 0 Å². The van der Waals surface area contributed by atoms with Crippen LogP contribution in [0.15, 0.2) is 5.38 Å². The number of morpholine rings is 1. The third-order valence-electron chi connectivity index (χ3n) is 3.06. The van der Waals surface area contributed by atoms with Crippen LogP contribution in [-0.2, 0) is 20.7 Å². The van der Waals surface area contributed by atoms with E-state index in [-0.39, 0.29) is 23.6 Å². The van der Waals surface area contributed by atoms with Crippen LogP contribution < -0.4 is 4.90 Å². The van der Waals surface area contributed by atoms with Gasteiger partial charge in [-0.05, 0) is 27.7 Å². The molecule has 1 aromatic rings. The molecule has 1 saturated heterocycles. The third-order valence-corrected chi connectivity index (χ3v) is 4.01. The van der Waals surface area contributed by atoms with Gasteiger partial charge in [0.1, 0.15) is 0 Å². The zero-order valence-corrected chi connectivity index (χ0v) is 13.5. The molecule has 6 heteroatoms. The van der Waals surface area contributed by atoms with Crippen LogP contribution in [0.3, 0.4) is 0 Å². The minimum absolute atomic E-state index is 0.212. The van der Waals surface area contributed by atoms with Crippen molar-refractivity contribution in [2.45, 2.75) is 45.3 Å². The molecular formula is C14H22N2O3S. The van der Waals surface area contributed by atoms with Crippen molar-refractivity contribution in [1.82, 2.24) is 4.98 Å². The first-order valence-electron chi connectivity index (χ1n) is 6.67. The summed E-state index contributed by atoms with van der Waals surface area (Å²) in [5.74, 6) is -0.260. The second-order valence-corrected chi connectivity index (χ2v) is 7.19. The quantitative estimate of drug-likeness (QED) is 0.801. The average molecular weight is 298 g/mol. The highest BCUT2D eigenvalue weighted by atomic mass is 32.1. The zero-order valence-electron chi connectivity index (χ0n) is 12.7. The lowest BCUT2D eigenvalue weighted by atomic mass is 9.99. The summed E-state index contributed by atoms with van der Waals surface area (Å²) >= 11 is 1.56. The molecule has 0 N–H and O–H groups in total. The summed E-state index contributed by atoms with van der Waals surface area (Å²) in [5, 5.41) is 2.86. The molecule has 20 heavy (non-hydrogen) atoms. The second-order valence-electron chi connectivity index (χ2n) is 6.35. The molecule has 5 nitrogen and oxygen atoms in total. The monoisotopic (exact) mass is 298 g/mol. The van der Waals surface area contributed by atoms with Crippen LogP contribution in [-0.4, -0.2) is 42.4 Å². The molecule has 0 atom stereocenters. The van der Waals surface area contributed by atoms with Gasteiger partial charge in [0.05, 0.1) is 30.4 Å². The van der Waals surface area contributed by atoms with E-state index in [1.165, 1.54) is 7.11 Å². The zero-order chi connectivity index (χ0) is 15.0. The Labute approximate surface area is 123 Å². The molecule has 0 saturated carbocycles. The van der Waals surface area contributed by atoms with Gasteiger partial charge >= 0.3 is 5.97 Å². The summed E-state index contributed by atoms with van der Waals surface area (Å²) in [5.41, 5.74) is 0.338. The van der Waals surface area contributed by atoms with Crippen molar-refractivity contribution in [3.05, 3.63) is 11.1 Å². The second kappa shape index (κ2) is 5.33. The van der Waals surface area contributed by atoms with Crippen LogP contribution in [0.1, 0.15) is 33.4 Å². The first kappa shape index (κ1) is 15.3. The first-order valence-corrected chi connectivity index (χ1v) is 7.55. The Morgan fingerprint density at radius 1 is 1.40 bits per heavy atom. The van der Waals surface area contributed by atoms with E-state index < -0.39 is 0 Å². The molecule has 0 bridgehead atoms. The molecule has 0 unspecified atom stereocenters. The smallest absolute Gasteiger partial charge is 0.311 e. The van der Waals surface area contributed by atoms with Crippen molar-refractivity contribution >= 4 is 22.4 Å². The number of hydrogen-bond acceptors (Lipinski definition) is 6. The van der Waals surface area contributed by atoms with E-state index >= 15 is 0 Å². The van der Waals surface area contributed by atoms with Gasteiger partial charge in [0.25, 0.3) is 0 Å². The topological polar surface area (TPSA) is 51.7 Å². The van der Waals surface area contributed by atoms with E-state index in [0.717, 1.165) is 23.9 Å². The molecule has 2 rings (SSSR count). The molecule has 1 aliphatic rings. The SMILES string of the molecule is COC(=O)Cc1csc(N2CC(C)(C)OC(C)(C)C2)n1. The number of carbonyl (C=O) groups is 1. The lowest BCUT2D eigenvalue weighted by Gasteiger charge is -2.47. The lowest BCUT2D eigenvalue weighted by molar-refractivity contribution is -0.139. The largest absolute Gasteiger partial charge is 0.469 e. The van der Waals surface area contributed by atoms with Gasteiger partial charge in [-0.25, -0.2) is 4.98 Å².